The Bertz CT molecular complexity index is 825. The Balaban J connectivity index is 1.65. The normalized spacial score (nSPS) is 12.3. The van der Waals surface area contributed by atoms with E-state index in [1.165, 1.54) is 22.5 Å². The second-order valence-corrected chi connectivity index (χ2v) is 6.29. The molecule has 1 aromatic heterocycles. The molecule has 2 N–H and O–H groups in total. The van der Waals surface area contributed by atoms with Gasteiger partial charge in [-0.25, -0.2) is 4.98 Å². The first-order valence-corrected chi connectivity index (χ1v) is 8.41. The van der Waals surface area contributed by atoms with Crippen molar-refractivity contribution >= 4 is 28.4 Å². The third-order valence-electron chi connectivity index (χ3n) is 3.58. The van der Waals surface area contributed by atoms with E-state index in [9.17, 15) is 4.79 Å². The lowest BCUT2D eigenvalue weighted by Gasteiger charge is -2.16. The Morgan fingerprint density at radius 3 is 2.83 bits per heavy atom. The summed E-state index contributed by atoms with van der Waals surface area (Å²) in [6.07, 6.45) is 0. The van der Waals surface area contributed by atoms with Gasteiger partial charge in [0.2, 0.25) is 11.1 Å². The van der Waals surface area contributed by atoms with Gasteiger partial charge in [-0.15, -0.1) is 5.10 Å². The number of nitrogens with one attached hydrogen (secondary N) is 2. The second-order valence-electron chi connectivity index (χ2n) is 5.35. The minimum absolute atomic E-state index is 0.0297. The van der Waals surface area contributed by atoms with Crippen molar-refractivity contribution in [2.45, 2.75) is 25.0 Å². The van der Waals surface area contributed by atoms with Crippen molar-refractivity contribution in [2.75, 3.05) is 5.75 Å². The maximum atomic E-state index is 12.1. The van der Waals surface area contributed by atoms with Crippen molar-refractivity contribution < 1.29 is 4.79 Å². The molecule has 1 unspecified atom stereocenters. The van der Waals surface area contributed by atoms with E-state index in [2.05, 4.69) is 44.8 Å². The zero-order chi connectivity index (χ0) is 16.2. The monoisotopic (exact) mass is 326 g/mol. The average Bonchev–Trinajstić information content (AvgIpc) is 2.98. The van der Waals surface area contributed by atoms with Gasteiger partial charge in [-0.05, 0) is 30.2 Å². The smallest absolute Gasteiger partial charge is 0.230 e. The first kappa shape index (κ1) is 15.6. The molecule has 2 aromatic carbocycles. The van der Waals surface area contributed by atoms with Gasteiger partial charge in [-0.1, -0.05) is 54.2 Å². The Labute approximate surface area is 138 Å². The third-order valence-corrected chi connectivity index (χ3v) is 4.42. The van der Waals surface area contributed by atoms with Crippen LogP contribution in [0.5, 0.6) is 0 Å². The van der Waals surface area contributed by atoms with E-state index in [1.54, 1.807) is 0 Å². The molecule has 0 bridgehead atoms. The molecule has 3 rings (SSSR count). The summed E-state index contributed by atoms with van der Waals surface area (Å²) in [6, 6.07) is 14.3. The van der Waals surface area contributed by atoms with Crippen molar-refractivity contribution in [3.05, 3.63) is 53.9 Å². The van der Waals surface area contributed by atoms with E-state index < -0.39 is 0 Å². The van der Waals surface area contributed by atoms with Crippen molar-refractivity contribution in [3.8, 4) is 0 Å². The predicted octanol–water partition coefficient (Wildman–Crippen LogP) is 3.24. The molecule has 6 heteroatoms. The zero-order valence-corrected chi connectivity index (χ0v) is 13.9. The van der Waals surface area contributed by atoms with Gasteiger partial charge in [0, 0.05) is 0 Å². The molecule has 0 aliphatic rings. The van der Waals surface area contributed by atoms with Gasteiger partial charge in [-0.2, -0.15) is 0 Å². The van der Waals surface area contributed by atoms with Gasteiger partial charge in [0.25, 0.3) is 0 Å². The molecule has 1 heterocycles. The minimum Gasteiger partial charge on any atom is -0.349 e. The highest BCUT2D eigenvalue weighted by Crippen LogP contribution is 2.24. The van der Waals surface area contributed by atoms with Crippen LogP contribution in [-0.4, -0.2) is 26.8 Å². The molecule has 118 valence electrons. The number of amides is 1. The van der Waals surface area contributed by atoms with E-state index in [4.69, 9.17) is 0 Å². The van der Waals surface area contributed by atoms with E-state index in [0.717, 1.165) is 11.4 Å². The summed E-state index contributed by atoms with van der Waals surface area (Å²) in [5.74, 6) is 1.02. The van der Waals surface area contributed by atoms with E-state index in [1.807, 2.05) is 32.0 Å². The molecular formula is C17H18N4OS. The number of hydrogen-bond acceptors (Lipinski definition) is 4. The number of aromatic nitrogens is 3. The average molecular weight is 326 g/mol. The summed E-state index contributed by atoms with van der Waals surface area (Å²) in [5.41, 5.74) is 1.12. The highest BCUT2D eigenvalue weighted by atomic mass is 32.2. The number of rotatable bonds is 5. The van der Waals surface area contributed by atoms with Crippen molar-refractivity contribution in [1.29, 1.82) is 0 Å². The van der Waals surface area contributed by atoms with E-state index >= 15 is 0 Å². The standard InChI is InChI=1S/C17H18N4OS/c1-11(14-9-5-7-13-6-3-4-8-15(13)14)18-16(22)10-23-17-19-12(2)20-21-17/h3-9,11H,10H2,1-2H3,(H,18,22)(H,19,20,21). The lowest BCUT2D eigenvalue weighted by atomic mass is 10.00. The number of hydrogen-bond donors (Lipinski definition) is 2. The molecule has 0 aliphatic carbocycles. The first-order valence-electron chi connectivity index (χ1n) is 7.42. The molecule has 0 saturated carbocycles. The van der Waals surface area contributed by atoms with Crippen LogP contribution in [0.3, 0.4) is 0 Å². The number of thioether (sulfide) groups is 1. The fraction of sp³-hybridized carbons (Fsp3) is 0.235. The topological polar surface area (TPSA) is 70.7 Å². The number of carbonyl (C=O) groups excluding carboxylic acids is 1. The number of aromatic amines is 1. The number of nitrogens with zero attached hydrogens (tertiary/aromatic N) is 2. The van der Waals surface area contributed by atoms with Crippen LogP contribution in [0.1, 0.15) is 24.4 Å². The maximum Gasteiger partial charge on any atom is 0.230 e. The van der Waals surface area contributed by atoms with Gasteiger partial charge in [0.15, 0.2) is 0 Å². The Hall–Kier alpha value is -2.34. The lowest BCUT2D eigenvalue weighted by molar-refractivity contribution is -0.119. The molecule has 1 atom stereocenters. The molecular weight excluding hydrogens is 308 g/mol. The van der Waals surface area contributed by atoms with Crippen LogP contribution >= 0.6 is 11.8 Å². The van der Waals surface area contributed by atoms with Crippen LogP contribution in [-0.2, 0) is 4.79 Å². The molecule has 3 aromatic rings. The largest absolute Gasteiger partial charge is 0.349 e. The van der Waals surface area contributed by atoms with Crippen molar-refractivity contribution in [2.24, 2.45) is 0 Å². The van der Waals surface area contributed by atoms with Crippen LogP contribution in [0.4, 0.5) is 0 Å². The molecule has 5 nitrogen and oxygen atoms in total. The minimum atomic E-state index is -0.0527. The number of carbonyl (C=O) groups is 1. The zero-order valence-electron chi connectivity index (χ0n) is 13.0. The van der Waals surface area contributed by atoms with Crippen LogP contribution in [0.15, 0.2) is 47.6 Å². The second kappa shape index (κ2) is 6.83. The summed E-state index contributed by atoms with van der Waals surface area (Å²) in [4.78, 5) is 16.3. The van der Waals surface area contributed by atoms with Gasteiger partial charge in [0.05, 0.1) is 11.8 Å². The molecule has 23 heavy (non-hydrogen) atoms. The number of fused-ring (bicyclic) bond motifs is 1. The van der Waals surface area contributed by atoms with Gasteiger partial charge in [-0.3, -0.25) is 9.89 Å². The third kappa shape index (κ3) is 3.71. The van der Waals surface area contributed by atoms with Gasteiger partial charge >= 0.3 is 0 Å². The molecule has 0 spiro atoms. The number of aryl methyl sites for hydroxylation is 1. The van der Waals surface area contributed by atoms with Crippen LogP contribution in [0, 0.1) is 6.92 Å². The van der Waals surface area contributed by atoms with Crippen molar-refractivity contribution in [1.82, 2.24) is 20.5 Å². The summed E-state index contributed by atoms with van der Waals surface area (Å²) < 4.78 is 0. The molecule has 0 fully saturated rings. The van der Waals surface area contributed by atoms with Gasteiger partial charge < -0.3 is 5.32 Å². The summed E-state index contributed by atoms with van der Waals surface area (Å²) in [7, 11) is 0. The maximum absolute atomic E-state index is 12.1. The quantitative estimate of drug-likeness (QED) is 0.706. The Morgan fingerprint density at radius 1 is 1.26 bits per heavy atom. The Kier molecular flexibility index (Phi) is 4.62. The lowest BCUT2D eigenvalue weighted by Crippen LogP contribution is -2.28. The van der Waals surface area contributed by atoms with Crippen LogP contribution in [0.25, 0.3) is 10.8 Å². The number of H-pyrrole nitrogens is 1. The molecule has 1 amide bonds. The molecule has 0 radical (unpaired) electrons. The van der Waals surface area contributed by atoms with Crippen molar-refractivity contribution in [3.63, 3.8) is 0 Å². The fourth-order valence-electron chi connectivity index (χ4n) is 2.51. The van der Waals surface area contributed by atoms with E-state index in [-0.39, 0.29) is 11.9 Å². The van der Waals surface area contributed by atoms with Gasteiger partial charge in [0.1, 0.15) is 5.82 Å². The SMILES string of the molecule is Cc1nc(SCC(=O)NC(C)c2cccc3ccccc23)n[nH]1. The number of benzene rings is 2. The van der Waals surface area contributed by atoms with E-state index in [0.29, 0.717) is 10.9 Å². The highest BCUT2D eigenvalue weighted by molar-refractivity contribution is 7.99. The highest BCUT2D eigenvalue weighted by Gasteiger charge is 2.13. The van der Waals surface area contributed by atoms with Crippen LogP contribution in [0.2, 0.25) is 0 Å². The first-order chi connectivity index (χ1) is 11.1. The molecule has 0 saturated heterocycles. The summed E-state index contributed by atoms with van der Waals surface area (Å²) in [6.45, 7) is 3.83. The molecule has 0 aliphatic heterocycles. The Morgan fingerprint density at radius 2 is 2.04 bits per heavy atom. The fourth-order valence-corrected chi connectivity index (χ4v) is 3.16. The summed E-state index contributed by atoms with van der Waals surface area (Å²) >= 11 is 1.32. The van der Waals surface area contributed by atoms with Crippen LogP contribution < -0.4 is 5.32 Å². The predicted molar refractivity (Wildman–Crippen MR) is 92.3 cm³/mol. The summed E-state index contributed by atoms with van der Waals surface area (Å²) in [5, 5.41) is 12.8.